The van der Waals surface area contributed by atoms with Crippen molar-refractivity contribution in [2.75, 3.05) is 26.4 Å². The van der Waals surface area contributed by atoms with Crippen molar-refractivity contribution in [2.24, 2.45) is 40.4 Å². The fourth-order valence-corrected chi connectivity index (χ4v) is 15.3. The molecule has 0 bridgehead atoms. The summed E-state index contributed by atoms with van der Waals surface area (Å²) in [6, 6.07) is 0. The number of allylic oxidation sites excluding steroid dienone is 1. The molecule has 10 aliphatic rings. The van der Waals surface area contributed by atoms with Crippen LogP contribution in [-0.2, 0) is 47.4 Å². The summed E-state index contributed by atoms with van der Waals surface area (Å²) in [6.07, 6.45) is -22.2. The van der Waals surface area contributed by atoms with Gasteiger partial charge in [0.15, 0.2) is 30.9 Å². The van der Waals surface area contributed by atoms with E-state index in [-0.39, 0.29) is 46.7 Å². The van der Waals surface area contributed by atoms with Gasteiger partial charge in [-0.2, -0.15) is 0 Å². The first-order chi connectivity index (χ1) is 34.1. The first-order valence-electron chi connectivity index (χ1n) is 26.4. The standard InChI is InChI=1S/C50H80O22/c1-20-8-13-50(63-19-20)21(2)31-27(72-50)15-49(62)26-7-6-23-14-24(9-11-47(23,4)25(26)10-12-48(31,49)5)65-43-39(61)36(58)40(22(3)64-43)69-46-42(71-45-38(60)35(57)32(54)28(16-51)66-45)41(34(56)30(18-53)68-46)70-44-37(59)33(55)29(17-52)67-44/h6,20-22,24-46,51-62H,7-19H2,1-5H3/t20-,21+,22-,24+,25+,26-,27+,28-,29-,30-,31+,32-,33+,34-,35+,36-,37-,38-,39-,40+,41+,42-,43+,44+,45+,46+,47+,48-,49-,50-/m1/s1. The minimum absolute atomic E-state index is 0.0595. The number of hydrogen-bond donors (Lipinski definition) is 12. The maximum absolute atomic E-state index is 13.0. The van der Waals surface area contributed by atoms with Gasteiger partial charge in [0.2, 0.25) is 0 Å². The fourth-order valence-electron chi connectivity index (χ4n) is 15.3. The Hall–Kier alpha value is -1.14. The highest BCUT2D eigenvalue weighted by molar-refractivity contribution is 5.30. The fraction of sp³-hybridized carbons (Fsp3) is 0.960. The largest absolute Gasteiger partial charge is 0.394 e. The van der Waals surface area contributed by atoms with E-state index in [1.807, 2.05) is 0 Å². The van der Waals surface area contributed by atoms with Crippen molar-refractivity contribution in [3.05, 3.63) is 11.6 Å². The molecule has 0 amide bonds. The van der Waals surface area contributed by atoms with Crippen molar-refractivity contribution in [1.29, 1.82) is 0 Å². The lowest BCUT2D eigenvalue weighted by Crippen LogP contribution is -2.67. The van der Waals surface area contributed by atoms with Crippen LogP contribution in [0, 0.1) is 40.4 Å². The zero-order valence-corrected chi connectivity index (χ0v) is 41.7. The summed E-state index contributed by atoms with van der Waals surface area (Å²) in [5.41, 5.74) is -0.156. The second-order valence-corrected chi connectivity index (χ2v) is 23.5. The van der Waals surface area contributed by atoms with Crippen molar-refractivity contribution in [3.63, 3.8) is 0 Å². The molecule has 0 unspecified atom stereocenters. The van der Waals surface area contributed by atoms with Gasteiger partial charge in [0.1, 0.15) is 85.5 Å². The maximum atomic E-state index is 13.0. The van der Waals surface area contributed by atoms with Crippen molar-refractivity contribution < 1.29 is 109 Å². The Bertz CT molecular complexity index is 1920. The number of fused-ring (bicyclic) bond motifs is 7. The molecule has 10 rings (SSSR count). The number of aliphatic hydroxyl groups is 12. The topological polar surface area (TPSA) is 335 Å². The summed E-state index contributed by atoms with van der Waals surface area (Å²) in [5, 5.41) is 131. The Morgan fingerprint density at radius 2 is 1.18 bits per heavy atom. The monoisotopic (exact) mass is 1030 g/mol. The summed E-state index contributed by atoms with van der Waals surface area (Å²) >= 11 is 0. The van der Waals surface area contributed by atoms with E-state index in [0.717, 1.165) is 38.5 Å². The Morgan fingerprint density at radius 1 is 0.597 bits per heavy atom. The molecule has 3 saturated carbocycles. The molecule has 4 aliphatic carbocycles. The summed E-state index contributed by atoms with van der Waals surface area (Å²) in [5.74, 6) is 0.609. The first-order valence-corrected chi connectivity index (χ1v) is 26.4. The molecule has 1 spiro atoms. The molecule has 0 aromatic carbocycles. The molecule has 6 aliphatic heterocycles. The zero-order valence-electron chi connectivity index (χ0n) is 41.7. The molecule has 72 heavy (non-hydrogen) atoms. The number of aliphatic hydroxyl groups excluding tert-OH is 11. The van der Waals surface area contributed by atoms with Gasteiger partial charge in [-0.25, -0.2) is 0 Å². The molecule has 9 fully saturated rings. The molecule has 6 heterocycles. The van der Waals surface area contributed by atoms with Gasteiger partial charge in [0.25, 0.3) is 0 Å². The van der Waals surface area contributed by atoms with Gasteiger partial charge in [-0.05, 0) is 75.0 Å². The first kappa shape index (κ1) is 54.2. The molecule has 412 valence electrons. The van der Waals surface area contributed by atoms with E-state index in [9.17, 15) is 61.3 Å². The highest BCUT2D eigenvalue weighted by atomic mass is 16.8. The third-order valence-electron chi connectivity index (χ3n) is 19.6. The molecule has 30 atom stereocenters. The summed E-state index contributed by atoms with van der Waals surface area (Å²) in [6.45, 7) is 8.98. The van der Waals surface area contributed by atoms with Crippen LogP contribution in [0.5, 0.6) is 0 Å². The van der Waals surface area contributed by atoms with Crippen LogP contribution < -0.4 is 0 Å². The van der Waals surface area contributed by atoms with Gasteiger partial charge in [-0.3, -0.25) is 0 Å². The van der Waals surface area contributed by atoms with Crippen molar-refractivity contribution in [1.82, 2.24) is 0 Å². The van der Waals surface area contributed by atoms with Crippen LogP contribution in [0.2, 0.25) is 0 Å². The van der Waals surface area contributed by atoms with Crippen LogP contribution in [0.15, 0.2) is 11.6 Å². The Kier molecular flexibility index (Phi) is 15.3. The highest BCUT2D eigenvalue weighted by Gasteiger charge is 2.74. The predicted molar refractivity (Wildman–Crippen MR) is 242 cm³/mol. The van der Waals surface area contributed by atoms with E-state index in [1.165, 1.54) is 5.57 Å². The lowest BCUT2D eigenvalue weighted by atomic mass is 9.45. The SMILES string of the molecule is C[C@@H]1CC[C@@]2(OC1)O[C@H]1C[C@@]3(O)[C@@H]4CC=C5C[C@@H](O[C@@H]6O[C@H](C)[C@H](O[C@@H]7O[C@H](CO)[C@@H](O)[C@H](O[C@@H]8O[C@H](CO)[C@H](O)[C@H]8O)[C@H]7O[C@@H]7O[C@H](CO)[C@@H](O)[C@H](O)[C@H]7O)[C@H](O)[C@H]6O)CC[C@]5(C)[C@H]4CC[C@]3(C)[C@H]1[C@@H]2C. The molecular weight excluding hydrogens is 953 g/mol. The molecule has 0 radical (unpaired) electrons. The van der Waals surface area contributed by atoms with E-state index >= 15 is 0 Å². The van der Waals surface area contributed by atoms with E-state index < -0.39 is 148 Å². The maximum Gasteiger partial charge on any atom is 0.187 e. The van der Waals surface area contributed by atoms with Crippen LogP contribution in [0.3, 0.4) is 0 Å². The van der Waals surface area contributed by atoms with Crippen LogP contribution in [0.25, 0.3) is 0 Å². The van der Waals surface area contributed by atoms with Crippen molar-refractivity contribution in [3.8, 4) is 0 Å². The average molecular weight is 1030 g/mol. The molecule has 6 saturated heterocycles. The number of ether oxygens (including phenoxy) is 10. The molecule has 0 aromatic rings. The third-order valence-corrected chi connectivity index (χ3v) is 19.6. The summed E-state index contributed by atoms with van der Waals surface area (Å²) < 4.78 is 61.5. The van der Waals surface area contributed by atoms with Gasteiger partial charge in [0, 0.05) is 30.1 Å². The minimum Gasteiger partial charge on any atom is -0.394 e. The van der Waals surface area contributed by atoms with Gasteiger partial charge >= 0.3 is 0 Å². The van der Waals surface area contributed by atoms with E-state index in [1.54, 1.807) is 6.92 Å². The zero-order chi connectivity index (χ0) is 51.6. The quantitative estimate of drug-likeness (QED) is 0.0977. The van der Waals surface area contributed by atoms with Gasteiger partial charge in [0.05, 0.1) is 50.3 Å². The normalized spacial score (nSPS) is 57.6. The van der Waals surface area contributed by atoms with Gasteiger partial charge in [-0.15, -0.1) is 0 Å². The average Bonchev–Trinajstić information content (AvgIpc) is 3.88. The van der Waals surface area contributed by atoms with E-state index in [2.05, 4.69) is 33.8 Å². The number of hydrogen-bond acceptors (Lipinski definition) is 22. The van der Waals surface area contributed by atoms with Crippen LogP contribution in [0.1, 0.15) is 92.4 Å². The Balaban J connectivity index is 0.822. The highest BCUT2D eigenvalue weighted by Crippen LogP contribution is 2.72. The summed E-state index contributed by atoms with van der Waals surface area (Å²) in [7, 11) is 0. The molecule has 22 nitrogen and oxygen atoms in total. The van der Waals surface area contributed by atoms with Crippen LogP contribution >= 0.6 is 0 Å². The second-order valence-electron chi connectivity index (χ2n) is 23.5. The Labute approximate surface area is 419 Å². The van der Waals surface area contributed by atoms with Crippen LogP contribution in [0.4, 0.5) is 0 Å². The van der Waals surface area contributed by atoms with Gasteiger partial charge in [-0.1, -0.05) is 39.3 Å². The minimum atomic E-state index is -1.97. The lowest BCUT2D eigenvalue weighted by molar-refractivity contribution is -0.398. The van der Waals surface area contributed by atoms with E-state index in [4.69, 9.17) is 47.4 Å². The number of rotatable bonds is 11. The summed E-state index contributed by atoms with van der Waals surface area (Å²) in [4.78, 5) is 0. The molecule has 12 N–H and O–H groups in total. The Morgan fingerprint density at radius 3 is 1.83 bits per heavy atom. The molecule has 22 heteroatoms. The third kappa shape index (κ3) is 8.70. The molecule has 0 aromatic heterocycles. The van der Waals surface area contributed by atoms with Crippen molar-refractivity contribution >= 4 is 0 Å². The smallest absolute Gasteiger partial charge is 0.187 e. The van der Waals surface area contributed by atoms with E-state index in [0.29, 0.717) is 31.8 Å². The van der Waals surface area contributed by atoms with Crippen molar-refractivity contribution in [2.45, 2.75) is 233 Å². The second kappa shape index (κ2) is 20.3. The van der Waals surface area contributed by atoms with Gasteiger partial charge < -0.3 is 109 Å². The predicted octanol–water partition coefficient (Wildman–Crippen LogP) is -2.21. The van der Waals surface area contributed by atoms with Crippen LogP contribution in [-0.4, -0.2) is 228 Å². The molecular formula is C50H80O22. The lowest BCUT2D eigenvalue weighted by Gasteiger charge is -2.62.